The fourth-order valence-electron chi connectivity index (χ4n) is 2.64. The monoisotopic (exact) mass is 320 g/mol. The van der Waals surface area contributed by atoms with Crippen molar-refractivity contribution in [3.05, 3.63) is 53.1 Å². The molecule has 0 saturated heterocycles. The molecular formula is C16H18F2N4O. The second kappa shape index (κ2) is 6.76. The van der Waals surface area contributed by atoms with E-state index in [9.17, 15) is 13.6 Å². The second-order valence-electron chi connectivity index (χ2n) is 5.57. The normalized spacial score (nSPS) is 13.5. The summed E-state index contributed by atoms with van der Waals surface area (Å²) in [6.45, 7) is 1.19. The van der Waals surface area contributed by atoms with Crippen LogP contribution >= 0.6 is 0 Å². The molecule has 1 aliphatic rings. The lowest BCUT2D eigenvalue weighted by Crippen LogP contribution is -2.34. The van der Waals surface area contributed by atoms with Crippen molar-refractivity contribution in [3.8, 4) is 0 Å². The number of imidazole rings is 1. The number of nitrogens with zero attached hydrogens (tertiary/aromatic N) is 2. The Balaban J connectivity index is 1.49. The molecule has 0 fully saturated rings. The first kappa shape index (κ1) is 15.5. The molecule has 0 unspecified atom stereocenters. The topological polar surface area (TPSA) is 59.0 Å². The fraction of sp³-hybridized carbons (Fsp3) is 0.375. The Morgan fingerprint density at radius 1 is 1.22 bits per heavy atom. The number of hydrogen-bond acceptors (Lipinski definition) is 2. The van der Waals surface area contributed by atoms with Crippen molar-refractivity contribution in [2.24, 2.45) is 0 Å². The van der Waals surface area contributed by atoms with E-state index in [2.05, 4.69) is 20.2 Å². The SMILES string of the molecule is O=C(NCc1cn2c(n1)CCCC2)NCc1cc(F)ccc1F. The molecule has 1 aromatic carbocycles. The van der Waals surface area contributed by atoms with E-state index < -0.39 is 17.7 Å². The molecule has 0 atom stereocenters. The number of benzene rings is 1. The van der Waals surface area contributed by atoms with E-state index in [0.717, 1.165) is 55.5 Å². The highest BCUT2D eigenvalue weighted by Crippen LogP contribution is 2.14. The van der Waals surface area contributed by atoms with E-state index in [4.69, 9.17) is 0 Å². The van der Waals surface area contributed by atoms with Gasteiger partial charge < -0.3 is 15.2 Å². The van der Waals surface area contributed by atoms with Crippen LogP contribution in [-0.4, -0.2) is 15.6 Å². The second-order valence-corrected chi connectivity index (χ2v) is 5.57. The molecular weight excluding hydrogens is 302 g/mol. The predicted octanol–water partition coefficient (Wildman–Crippen LogP) is 2.50. The first-order chi connectivity index (χ1) is 11.1. The highest BCUT2D eigenvalue weighted by molar-refractivity contribution is 5.73. The zero-order valence-electron chi connectivity index (χ0n) is 12.6. The molecule has 2 N–H and O–H groups in total. The lowest BCUT2D eigenvalue weighted by molar-refractivity contribution is 0.240. The van der Waals surface area contributed by atoms with Crippen molar-refractivity contribution in [3.63, 3.8) is 0 Å². The molecule has 1 aromatic heterocycles. The van der Waals surface area contributed by atoms with Crippen LogP contribution in [-0.2, 0) is 26.1 Å². The number of carbonyl (C=O) groups is 1. The smallest absolute Gasteiger partial charge is 0.315 e. The van der Waals surface area contributed by atoms with Crippen molar-refractivity contribution < 1.29 is 13.6 Å². The lowest BCUT2D eigenvalue weighted by Gasteiger charge is -2.11. The molecule has 0 spiro atoms. The van der Waals surface area contributed by atoms with Gasteiger partial charge in [-0.1, -0.05) is 0 Å². The highest BCUT2D eigenvalue weighted by Gasteiger charge is 2.12. The quantitative estimate of drug-likeness (QED) is 0.909. The maximum Gasteiger partial charge on any atom is 0.315 e. The van der Waals surface area contributed by atoms with Crippen molar-refractivity contribution >= 4 is 6.03 Å². The number of halogens is 2. The number of fused-ring (bicyclic) bond motifs is 1. The summed E-state index contributed by atoms with van der Waals surface area (Å²) in [5.41, 5.74) is 0.909. The van der Waals surface area contributed by atoms with Crippen LogP contribution in [0, 0.1) is 11.6 Å². The Morgan fingerprint density at radius 2 is 2.04 bits per heavy atom. The largest absolute Gasteiger partial charge is 0.335 e. The van der Waals surface area contributed by atoms with Gasteiger partial charge in [-0.05, 0) is 31.0 Å². The van der Waals surface area contributed by atoms with E-state index in [-0.39, 0.29) is 12.1 Å². The number of aromatic nitrogens is 2. The first-order valence-electron chi connectivity index (χ1n) is 7.62. The minimum atomic E-state index is -0.548. The molecule has 0 saturated carbocycles. The van der Waals surface area contributed by atoms with Gasteiger partial charge in [0.1, 0.15) is 17.5 Å². The molecule has 3 rings (SSSR count). The van der Waals surface area contributed by atoms with E-state index in [1.807, 2.05) is 6.20 Å². The zero-order chi connectivity index (χ0) is 16.2. The molecule has 23 heavy (non-hydrogen) atoms. The van der Waals surface area contributed by atoms with Gasteiger partial charge in [0, 0.05) is 31.3 Å². The molecule has 7 heteroatoms. The number of nitrogens with one attached hydrogen (secondary N) is 2. The molecule has 1 aliphatic heterocycles. The summed E-state index contributed by atoms with van der Waals surface area (Å²) >= 11 is 0. The minimum Gasteiger partial charge on any atom is -0.335 e. The van der Waals surface area contributed by atoms with Gasteiger partial charge in [-0.25, -0.2) is 18.6 Å². The van der Waals surface area contributed by atoms with Crippen molar-refractivity contribution in [1.82, 2.24) is 20.2 Å². The van der Waals surface area contributed by atoms with Gasteiger partial charge in [-0.3, -0.25) is 0 Å². The van der Waals surface area contributed by atoms with E-state index in [1.165, 1.54) is 0 Å². The van der Waals surface area contributed by atoms with Crippen LogP contribution in [0.25, 0.3) is 0 Å². The summed E-state index contributed by atoms with van der Waals surface area (Å²) in [4.78, 5) is 16.2. The Kier molecular flexibility index (Phi) is 4.55. The number of carbonyl (C=O) groups excluding carboxylic acids is 1. The lowest BCUT2D eigenvalue weighted by atomic mass is 10.2. The van der Waals surface area contributed by atoms with Crippen molar-refractivity contribution in [1.29, 1.82) is 0 Å². The average Bonchev–Trinajstić information content (AvgIpc) is 2.96. The summed E-state index contributed by atoms with van der Waals surface area (Å²) in [6, 6.07) is 2.71. The van der Waals surface area contributed by atoms with Crippen LogP contribution < -0.4 is 10.6 Å². The van der Waals surface area contributed by atoms with Gasteiger partial charge >= 0.3 is 6.03 Å². The molecule has 0 radical (unpaired) electrons. The van der Waals surface area contributed by atoms with Crippen LogP contribution in [0.1, 0.15) is 29.9 Å². The third kappa shape index (κ3) is 3.85. The Hall–Kier alpha value is -2.44. The highest BCUT2D eigenvalue weighted by atomic mass is 19.1. The maximum atomic E-state index is 13.5. The number of hydrogen-bond donors (Lipinski definition) is 2. The zero-order valence-corrected chi connectivity index (χ0v) is 12.6. The van der Waals surface area contributed by atoms with Gasteiger partial charge in [-0.15, -0.1) is 0 Å². The summed E-state index contributed by atoms with van der Waals surface area (Å²) in [5.74, 6) is -0.0315. The van der Waals surface area contributed by atoms with E-state index >= 15 is 0 Å². The van der Waals surface area contributed by atoms with Crippen molar-refractivity contribution in [2.75, 3.05) is 0 Å². The van der Waals surface area contributed by atoms with Crippen LogP contribution in [0.4, 0.5) is 13.6 Å². The molecule has 2 heterocycles. The number of amides is 2. The standard InChI is InChI=1S/C16H18F2N4O/c17-12-4-5-14(18)11(7-12)8-19-16(23)20-9-13-10-22-6-2-1-3-15(22)21-13/h4-5,7,10H,1-3,6,8-9H2,(H2,19,20,23). The fourth-order valence-corrected chi connectivity index (χ4v) is 2.64. The van der Waals surface area contributed by atoms with Gasteiger partial charge in [0.05, 0.1) is 12.2 Å². The van der Waals surface area contributed by atoms with Gasteiger partial charge in [-0.2, -0.15) is 0 Å². The summed E-state index contributed by atoms with van der Waals surface area (Å²) in [5, 5.41) is 5.18. The summed E-state index contributed by atoms with van der Waals surface area (Å²) in [6.07, 6.45) is 5.20. The minimum absolute atomic E-state index is 0.0743. The van der Waals surface area contributed by atoms with Gasteiger partial charge in [0.2, 0.25) is 0 Å². The molecule has 2 amide bonds. The average molecular weight is 320 g/mol. The third-order valence-corrected chi connectivity index (χ3v) is 3.84. The third-order valence-electron chi connectivity index (χ3n) is 3.84. The molecule has 0 aliphatic carbocycles. The van der Waals surface area contributed by atoms with E-state index in [0.29, 0.717) is 6.54 Å². The summed E-state index contributed by atoms with van der Waals surface area (Å²) in [7, 11) is 0. The van der Waals surface area contributed by atoms with E-state index in [1.54, 1.807) is 0 Å². The van der Waals surface area contributed by atoms with Crippen LogP contribution in [0.5, 0.6) is 0 Å². The molecule has 5 nitrogen and oxygen atoms in total. The van der Waals surface area contributed by atoms with Crippen LogP contribution in [0.2, 0.25) is 0 Å². The first-order valence-corrected chi connectivity index (χ1v) is 7.62. The maximum absolute atomic E-state index is 13.5. The predicted molar refractivity (Wildman–Crippen MR) is 80.6 cm³/mol. The van der Waals surface area contributed by atoms with Gasteiger partial charge in [0.25, 0.3) is 0 Å². The Labute approximate surface area is 132 Å². The van der Waals surface area contributed by atoms with Crippen LogP contribution in [0.15, 0.2) is 24.4 Å². The molecule has 2 aromatic rings. The van der Waals surface area contributed by atoms with Gasteiger partial charge in [0.15, 0.2) is 0 Å². The van der Waals surface area contributed by atoms with Crippen molar-refractivity contribution in [2.45, 2.75) is 38.9 Å². The number of rotatable bonds is 4. The van der Waals surface area contributed by atoms with Crippen LogP contribution in [0.3, 0.4) is 0 Å². The Morgan fingerprint density at radius 3 is 2.87 bits per heavy atom. The molecule has 0 bridgehead atoms. The Bertz CT molecular complexity index is 691. The summed E-state index contributed by atoms with van der Waals surface area (Å²) < 4.78 is 28.6. The molecule has 122 valence electrons. The number of aryl methyl sites for hydroxylation is 2. The number of urea groups is 1.